The molecule has 2 N–H and O–H groups in total. The molecule has 9 heteroatoms. The maximum absolute atomic E-state index is 13.3. The number of carbonyl (C=O) groups excluding carboxylic acids is 3. The molecule has 0 aromatic heterocycles. The Bertz CT molecular complexity index is 788. The lowest BCUT2D eigenvalue weighted by molar-refractivity contribution is -0.277. The molecule has 214 valence electrons. The first-order chi connectivity index (χ1) is 17.2. The van der Waals surface area contributed by atoms with Crippen LogP contribution in [0.2, 0.25) is 0 Å². The Hall–Kier alpha value is -1.39. The van der Waals surface area contributed by atoms with Crippen LogP contribution < -0.4 is 0 Å². The number of cyclic esters (lactones) is 1. The summed E-state index contributed by atoms with van der Waals surface area (Å²) in [6, 6.07) is -0.181. The van der Waals surface area contributed by atoms with Crippen LogP contribution >= 0.6 is 0 Å². The first kappa shape index (κ1) is 31.8. The molecule has 2 rings (SSSR count). The van der Waals surface area contributed by atoms with Gasteiger partial charge >= 0.3 is 5.97 Å². The number of nitrogens with zero attached hydrogens (tertiary/aromatic N) is 1. The van der Waals surface area contributed by atoms with Crippen molar-refractivity contribution in [2.45, 2.75) is 117 Å². The fourth-order valence-electron chi connectivity index (χ4n) is 5.91. The minimum atomic E-state index is -0.983. The maximum Gasteiger partial charge on any atom is 0.313 e. The molecule has 0 spiro atoms. The summed E-state index contributed by atoms with van der Waals surface area (Å²) in [5.41, 5.74) is 0. The van der Waals surface area contributed by atoms with E-state index in [1.165, 1.54) is 0 Å². The minimum absolute atomic E-state index is 0.0857. The first-order valence-corrected chi connectivity index (χ1v) is 13.8. The molecule has 0 aliphatic carbocycles. The molecular formula is C28H49NO8. The minimum Gasteiger partial charge on any atom is -0.462 e. The number of aliphatic hydroxyl groups is 2. The predicted molar refractivity (Wildman–Crippen MR) is 139 cm³/mol. The average molecular weight is 528 g/mol. The first-order valence-electron chi connectivity index (χ1n) is 13.8. The van der Waals surface area contributed by atoms with Crippen molar-refractivity contribution in [2.75, 3.05) is 14.1 Å². The third-order valence-electron chi connectivity index (χ3n) is 8.43. The van der Waals surface area contributed by atoms with Crippen molar-refractivity contribution in [3.63, 3.8) is 0 Å². The van der Waals surface area contributed by atoms with Crippen LogP contribution in [-0.2, 0) is 28.6 Å². The van der Waals surface area contributed by atoms with Gasteiger partial charge in [0.25, 0.3) is 0 Å². The van der Waals surface area contributed by atoms with Gasteiger partial charge < -0.3 is 29.3 Å². The average Bonchev–Trinajstić information content (AvgIpc) is 2.84. The standard InChI is InChI=1S/C28H49NO8/c1-10-22-18(6)25(33)19(7)24(32)14(2)11-15(3)27(17(5)21(30)13-23(31)36-22)37-28-26(34)20(29(8)9)12-16(4)35-28/h14-20,22,25-28,33-34H,10-13H2,1-9H3/t14-,15+,16?,17+,18+,19+,20?,22-,25+,26?,27+,28?/m1/s1. The summed E-state index contributed by atoms with van der Waals surface area (Å²) in [7, 11) is 3.77. The SMILES string of the molecule is CC[C@H]1OC(=O)CC(=O)[C@H](C)[C@@H](OC2OC(C)CC(N(C)C)C2O)[C@@H](C)C[C@@H](C)C(=O)[C@H](C)[C@@H](O)[C@H]1C. The highest BCUT2D eigenvalue weighted by Gasteiger charge is 2.43. The lowest BCUT2D eigenvalue weighted by Gasteiger charge is -2.43. The van der Waals surface area contributed by atoms with E-state index < -0.39 is 66.8 Å². The number of Topliss-reactive ketones (excluding diaryl/α,β-unsaturated/α-hetero) is 2. The number of aliphatic hydroxyl groups excluding tert-OH is 2. The second kappa shape index (κ2) is 13.6. The number of ketones is 2. The Balaban J connectivity index is 2.38. The highest BCUT2D eigenvalue weighted by atomic mass is 16.7. The molecule has 9 nitrogen and oxygen atoms in total. The number of esters is 1. The van der Waals surface area contributed by atoms with E-state index >= 15 is 0 Å². The molecule has 0 saturated carbocycles. The number of rotatable bonds is 4. The highest BCUT2D eigenvalue weighted by molar-refractivity contribution is 5.97. The van der Waals surface area contributed by atoms with E-state index in [1.807, 2.05) is 46.7 Å². The van der Waals surface area contributed by atoms with Crippen LogP contribution in [0.5, 0.6) is 0 Å². The van der Waals surface area contributed by atoms with Gasteiger partial charge in [0.2, 0.25) is 0 Å². The van der Waals surface area contributed by atoms with Crippen molar-refractivity contribution in [1.29, 1.82) is 0 Å². The van der Waals surface area contributed by atoms with Crippen molar-refractivity contribution in [3.05, 3.63) is 0 Å². The van der Waals surface area contributed by atoms with Crippen molar-refractivity contribution < 1.29 is 38.8 Å². The van der Waals surface area contributed by atoms with Crippen LogP contribution in [0.3, 0.4) is 0 Å². The van der Waals surface area contributed by atoms with E-state index in [4.69, 9.17) is 14.2 Å². The number of hydrogen-bond acceptors (Lipinski definition) is 9. The molecule has 0 radical (unpaired) electrons. The Morgan fingerprint density at radius 1 is 0.946 bits per heavy atom. The zero-order chi connectivity index (χ0) is 28.2. The summed E-state index contributed by atoms with van der Waals surface area (Å²) in [4.78, 5) is 41.2. The van der Waals surface area contributed by atoms with E-state index in [2.05, 4.69) is 0 Å². The molecule has 12 atom stereocenters. The molecule has 2 aliphatic heterocycles. The zero-order valence-electron chi connectivity index (χ0n) is 24.0. The summed E-state index contributed by atoms with van der Waals surface area (Å²) in [5, 5.41) is 21.9. The van der Waals surface area contributed by atoms with Crippen LogP contribution in [0.4, 0.5) is 0 Å². The molecule has 2 fully saturated rings. The van der Waals surface area contributed by atoms with Gasteiger partial charge in [0.05, 0.1) is 18.3 Å². The Morgan fingerprint density at radius 2 is 1.57 bits per heavy atom. The third-order valence-corrected chi connectivity index (χ3v) is 8.43. The lowest BCUT2D eigenvalue weighted by atomic mass is 9.78. The molecule has 2 heterocycles. The molecule has 0 aromatic rings. The number of carbonyl (C=O) groups is 3. The Labute approximate surface area is 222 Å². The lowest BCUT2D eigenvalue weighted by Crippen LogP contribution is -2.56. The van der Waals surface area contributed by atoms with Crippen molar-refractivity contribution >= 4 is 17.5 Å². The predicted octanol–water partition coefficient (Wildman–Crippen LogP) is 2.59. The topological polar surface area (TPSA) is 123 Å². The fraction of sp³-hybridized carbons (Fsp3) is 0.893. The molecule has 0 aromatic carbocycles. The second-order valence-electron chi connectivity index (χ2n) is 11.7. The Kier molecular flexibility index (Phi) is 11.7. The number of likely N-dealkylation sites (N-methyl/N-ethyl adjacent to an activating group) is 1. The van der Waals surface area contributed by atoms with Crippen LogP contribution in [0.15, 0.2) is 0 Å². The van der Waals surface area contributed by atoms with Crippen molar-refractivity contribution in [2.24, 2.45) is 29.6 Å². The summed E-state index contributed by atoms with van der Waals surface area (Å²) >= 11 is 0. The Morgan fingerprint density at radius 3 is 2.14 bits per heavy atom. The van der Waals surface area contributed by atoms with Crippen LogP contribution in [0, 0.1) is 29.6 Å². The molecule has 4 unspecified atom stereocenters. The van der Waals surface area contributed by atoms with Gasteiger partial charge in [0.15, 0.2) is 6.29 Å². The normalized spacial score (nSPS) is 43.4. The third kappa shape index (κ3) is 7.82. The van der Waals surface area contributed by atoms with Gasteiger partial charge in [-0.2, -0.15) is 0 Å². The fourth-order valence-corrected chi connectivity index (χ4v) is 5.91. The quantitative estimate of drug-likeness (QED) is 0.419. The van der Waals surface area contributed by atoms with Crippen LogP contribution in [0.25, 0.3) is 0 Å². The molecule has 2 saturated heterocycles. The molecule has 2 aliphatic rings. The molecule has 37 heavy (non-hydrogen) atoms. The summed E-state index contributed by atoms with van der Waals surface area (Å²) in [5.74, 6) is -3.54. The summed E-state index contributed by atoms with van der Waals surface area (Å²) in [6.45, 7) is 12.7. The maximum atomic E-state index is 13.3. The molecule has 0 bridgehead atoms. The number of hydrogen-bond donors (Lipinski definition) is 2. The van der Waals surface area contributed by atoms with E-state index in [0.717, 1.165) is 0 Å². The van der Waals surface area contributed by atoms with Crippen LogP contribution in [0.1, 0.15) is 74.1 Å². The monoisotopic (exact) mass is 527 g/mol. The van der Waals surface area contributed by atoms with Gasteiger partial charge in [-0.15, -0.1) is 0 Å². The van der Waals surface area contributed by atoms with Crippen LogP contribution in [-0.4, -0.2) is 89.6 Å². The van der Waals surface area contributed by atoms with Crippen molar-refractivity contribution in [1.82, 2.24) is 4.90 Å². The van der Waals surface area contributed by atoms with E-state index in [-0.39, 0.29) is 29.6 Å². The van der Waals surface area contributed by atoms with E-state index in [9.17, 15) is 24.6 Å². The van der Waals surface area contributed by atoms with Gasteiger partial charge in [-0.1, -0.05) is 41.5 Å². The smallest absolute Gasteiger partial charge is 0.313 e. The summed E-state index contributed by atoms with van der Waals surface area (Å²) < 4.78 is 17.9. The van der Waals surface area contributed by atoms with E-state index in [1.54, 1.807) is 20.8 Å². The van der Waals surface area contributed by atoms with Gasteiger partial charge in [-0.25, -0.2) is 0 Å². The van der Waals surface area contributed by atoms with E-state index in [0.29, 0.717) is 19.3 Å². The number of ether oxygens (including phenoxy) is 3. The van der Waals surface area contributed by atoms with Gasteiger partial charge in [0.1, 0.15) is 30.2 Å². The van der Waals surface area contributed by atoms with Gasteiger partial charge in [-0.05, 0) is 46.2 Å². The molecule has 0 amide bonds. The highest BCUT2D eigenvalue weighted by Crippen LogP contribution is 2.33. The van der Waals surface area contributed by atoms with Crippen molar-refractivity contribution in [3.8, 4) is 0 Å². The summed E-state index contributed by atoms with van der Waals surface area (Å²) in [6.07, 6.45) is -3.25. The van der Waals surface area contributed by atoms with Gasteiger partial charge in [-0.3, -0.25) is 14.4 Å². The molecular weight excluding hydrogens is 478 g/mol. The zero-order valence-corrected chi connectivity index (χ0v) is 24.0. The largest absolute Gasteiger partial charge is 0.462 e. The van der Waals surface area contributed by atoms with Gasteiger partial charge in [0, 0.05) is 29.7 Å². The second-order valence-corrected chi connectivity index (χ2v) is 11.7.